The first-order chi connectivity index (χ1) is 12.9. The van der Waals surface area contributed by atoms with Gasteiger partial charge in [0.15, 0.2) is 0 Å². The molecule has 0 aliphatic rings. The van der Waals surface area contributed by atoms with Gasteiger partial charge in [-0.25, -0.2) is 4.79 Å². The minimum atomic E-state index is -0.803. The van der Waals surface area contributed by atoms with Crippen LogP contribution in [0.3, 0.4) is 0 Å². The van der Waals surface area contributed by atoms with E-state index in [4.69, 9.17) is 4.74 Å². The molecule has 2 rings (SSSR count). The van der Waals surface area contributed by atoms with Gasteiger partial charge in [0.05, 0.1) is 12.2 Å². The molecule has 8 heteroatoms. The van der Waals surface area contributed by atoms with Crippen LogP contribution in [-0.4, -0.2) is 30.3 Å². The Morgan fingerprint density at radius 2 is 1.85 bits per heavy atom. The van der Waals surface area contributed by atoms with E-state index in [2.05, 4.69) is 10.6 Å². The first-order valence-electron chi connectivity index (χ1n) is 8.48. The van der Waals surface area contributed by atoms with Crippen LogP contribution >= 0.6 is 23.1 Å². The smallest absolute Gasteiger partial charge is 0.414 e. The highest BCUT2D eigenvalue weighted by molar-refractivity contribution is 7.99. The molecule has 0 spiro atoms. The number of anilines is 1. The average molecular weight is 407 g/mol. The van der Waals surface area contributed by atoms with Crippen molar-refractivity contribution < 1.29 is 19.1 Å². The van der Waals surface area contributed by atoms with E-state index < -0.39 is 12.0 Å². The van der Waals surface area contributed by atoms with E-state index in [9.17, 15) is 14.4 Å². The van der Waals surface area contributed by atoms with Gasteiger partial charge in [0.1, 0.15) is 5.00 Å². The lowest BCUT2D eigenvalue weighted by Crippen LogP contribution is -2.32. The van der Waals surface area contributed by atoms with Gasteiger partial charge in [-0.3, -0.25) is 14.9 Å². The molecule has 0 aliphatic carbocycles. The summed E-state index contributed by atoms with van der Waals surface area (Å²) < 4.78 is 4.74. The van der Waals surface area contributed by atoms with Gasteiger partial charge in [0.2, 0.25) is 5.91 Å². The minimum Gasteiger partial charge on any atom is -0.450 e. The lowest BCUT2D eigenvalue weighted by Gasteiger charge is -2.08. The van der Waals surface area contributed by atoms with Crippen LogP contribution in [0.25, 0.3) is 0 Å². The molecule has 0 bridgehead atoms. The molecule has 1 aromatic carbocycles. The summed E-state index contributed by atoms with van der Waals surface area (Å²) in [5.41, 5.74) is 1.03. The molecule has 0 aliphatic heterocycles. The number of amides is 3. The Kier molecular flexibility index (Phi) is 7.87. The van der Waals surface area contributed by atoms with Crippen LogP contribution < -0.4 is 10.6 Å². The number of benzene rings is 1. The van der Waals surface area contributed by atoms with Crippen molar-refractivity contribution in [3.63, 3.8) is 0 Å². The summed E-state index contributed by atoms with van der Waals surface area (Å²) in [6.07, 6.45) is -0.489. The molecule has 0 radical (unpaired) electrons. The fourth-order valence-corrected chi connectivity index (χ4v) is 4.23. The number of thioether (sulfide) groups is 1. The molecule has 6 nitrogen and oxygen atoms in total. The van der Waals surface area contributed by atoms with Crippen molar-refractivity contribution >= 4 is 46.0 Å². The molecule has 0 unspecified atom stereocenters. The van der Waals surface area contributed by atoms with E-state index in [-0.39, 0.29) is 12.5 Å². The molecule has 144 valence electrons. The standard InChI is InChI=1S/C19H22N2O4S2/c1-4-25-19(24)21-17(23)16-12(2)13(3)27-18(16)20-15(22)10-11-26-14-8-6-5-7-9-14/h5-9H,4,10-11H2,1-3H3,(H,20,22)(H,21,23,24). The zero-order valence-corrected chi connectivity index (χ0v) is 17.1. The van der Waals surface area contributed by atoms with Gasteiger partial charge in [0.25, 0.3) is 5.91 Å². The SMILES string of the molecule is CCOC(=O)NC(=O)c1c(NC(=O)CCSc2ccccc2)sc(C)c1C. The fourth-order valence-electron chi connectivity index (χ4n) is 2.28. The Morgan fingerprint density at radius 3 is 2.52 bits per heavy atom. The third-order valence-electron chi connectivity index (χ3n) is 3.70. The summed E-state index contributed by atoms with van der Waals surface area (Å²) in [6, 6.07) is 9.84. The third-order valence-corrected chi connectivity index (χ3v) is 5.83. The van der Waals surface area contributed by atoms with Gasteiger partial charge in [-0.05, 0) is 38.5 Å². The molecule has 3 amide bonds. The maximum Gasteiger partial charge on any atom is 0.414 e. The predicted octanol–water partition coefficient (Wildman–Crippen LogP) is 4.37. The second-order valence-electron chi connectivity index (χ2n) is 5.62. The number of carbonyl (C=O) groups excluding carboxylic acids is 3. The molecule has 1 heterocycles. The Morgan fingerprint density at radius 1 is 1.15 bits per heavy atom. The predicted molar refractivity (Wildman–Crippen MR) is 109 cm³/mol. The largest absolute Gasteiger partial charge is 0.450 e. The first kappa shape index (κ1) is 21.0. The highest BCUT2D eigenvalue weighted by Gasteiger charge is 2.22. The summed E-state index contributed by atoms with van der Waals surface area (Å²) in [6.45, 7) is 5.47. The summed E-state index contributed by atoms with van der Waals surface area (Å²) in [7, 11) is 0. The molecule has 2 aromatic rings. The Bertz CT molecular complexity index is 819. The van der Waals surface area contributed by atoms with E-state index in [1.165, 1.54) is 11.3 Å². The molecule has 0 fully saturated rings. The highest BCUT2D eigenvalue weighted by Crippen LogP contribution is 2.32. The monoisotopic (exact) mass is 406 g/mol. The number of alkyl carbamates (subject to hydrolysis) is 1. The van der Waals surface area contributed by atoms with Crippen molar-refractivity contribution in [2.45, 2.75) is 32.1 Å². The molecular weight excluding hydrogens is 384 g/mol. The number of imide groups is 1. The molecule has 1 aromatic heterocycles. The van der Waals surface area contributed by atoms with Crippen molar-refractivity contribution in [2.75, 3.05) is 17.7 Å². The molecule has 0 saturated carbocycles. The Hall–Kier alpha value is -2.32. The van der Waals surface area contributed by atoms with Crippen molar-refractivity contribution in [1.82, 2.24) is 5.32 Å². The summed E-state index contributed by atoms with van der Waals surface area (Å²) in [5, 5.41) is 5.42. The van der Waals surface area contributed by atoms with Gasteiger partial charge in [-0.15, -0.1) is 23.1 Å². The first-order valence-corrected chi connectivity index (χ1v) is 10.3. The van der Waals surface area contributed by atoms with Crippen LogP contribution in [0.5, 0.6) is 0 Å². The number of nitrogens with one attached hydrogen (secondary N) is 2. The number of aryl methyl sites for hydroxylation is 1. The van der Waals surface area contributed by atoms with E-state index >= 15 is 0 Å². The van der Waals surface area contributed by atoms with E-state index in [1.54, 1.807) is 25.6 Å². The molecule has 2 N–H and O–H groups in total. The van der Waals surface area contributed by atoms with Gasteiger partial charge >= 0.3 is 6.09 Å². The van der Waals surface area contributed by atoms with Crippen LogP contribution in [-0.2, 0) is 9.53 Å². The fraction of sp³-hybridized carbons (Fsp3) is 0.316. The molecule has 27 heavy (non-hydrogen) atoms. The molecular formula is C19H22N2O4S2. The molecule has 0 atom stereocenters. The second-order valence-corrected chi connectivity index (χ2v) is 8.01. The summed E-state index contributed by atoms with van der Waals surface area (Å²) in [5.74, 6) is -0.127. The van der Waals surface area contributed by atoms with Crippen LogP contribution in [0.1, 0.15) is 34.1 Å². The highest BCUT2D eigenvalue weighted by atomic mass is 32.2. The zero-order valence-electron chi connectivity index (χ0n) is 15.5. The maximum atomic E-state index is 12.4. The van der Waals surface area contributed by atoms with Gasteiger partial charge in [-0.2, -0.15) is 0 Å². The number of thiophene rings is 1. The van der Waals surface area contributed by atoms with Gasteiger partial charge in [-0.1, -0.05) is 18.2 Å². The van der Waals surface area contributed by atoms with Crippen molar-refractivity contribution in [3.05, 3.63) is 46.3 Å². The lowest BCUT2D eigenvalue weighted by atomic mass is 10.1. The number of hydrogen-bond donors (Lipinski definition) is 2. The number of hydrogen-bond acceptors (Lipinski definition) is 6. The summed E-state index contributed by atoms with van der Waals surface area (Å²) >= 11 is 2.91. The summed E-state index contributed by atoms with van der Waals surface area (Å²) in [4.78, 5) is 38.2. The topological polar surface area (TPSA) is 84.5 Å². The second kappa shape index (κ2) is 10.1. The van der Waals surface area contributed by atoms with E-state index in [0.717, 1.165) is 15.3 Å². The molecule has 0 saturated heterocycles. The van der Waals surface area contributed by atoms with Crippen molar-refractivity contribution in [1.29, 1.82) is 0 Å². The van der Waals surface area contributed by atoms with Crippen molar-refractivity contribution in [3.8, 4) is 0 Å². The van der Waals surface area contributed by atoms with Crippen LogP contribution in [0, 0.1) is 13.8 Å². The minimum absolute atomic E-state index is 0.170. The van der Waals surface area contributed by atoms with Crippen molar-refractivity contribution in [2.24, 2.45) is 0 Å². The van der Waals surface area contributed by atoms with Gasteiger partial charge in [0, 0.05) is 21.9 Å². The van der Waals surface area contributed by atoms with Crippen LogP contribution in [0.15, 0.2) is 35.2 Å². The zero-order chi connectivity index (χ0) is 19.8. The maximum absolute atomic E-state index is 12.4. The Labute approximate surface area is 166 Å². The average Bonchev–Trinajstić information content (AvgIpc) is 2.89. The van der Waals surface area contributed by atoms with Gasteiger partial charge < -0.3 is 10.1 Å². The van der Waals surface area contributed by atoms with Crippen LogP contribution in [0.2, 0.25) is 0 Å². The quantitative estimate of drug-likeness (QED) is 0.667. The van der Waals surface area contributed by atoms with E-state index in [0.29, 0.717) is 22.7 Å². The Balaban J connectivity index is 1.98. The number of rotatable bonds is 7. The third kappa shape index (κ3) is 6.11. The normalized spacial score (nSPS) is 10.3. The van der Waals surface area contributed by atoms with E-state index in [1.807, 2.05) is 37.3 Å². The number of carbonyl (C=O) groups is 3. The lowest BCUT2D eigenvalue weighted by molar-refractivity contribution is -0.115. The number of ether oxygens (including phenoxy) is 1. The van der Waals surface area contributed by atoms with Crippen LogP contribution in [0.4, 0.5) is 9.80 Å².